The number of allylic oxidation sites excluding steroid dienone is 1. The van der Waals surface area contributed by atoms with Crippen LogP contribution in [-0.4, -0.2) is 11.9 Å². The normalized spacial score (nSPS) is 21.4. The van der Waals surface area contributed by atoms with E-state index in [1.807, 2.05) is 6.08 Å². The van der Waals surface area contributed by atoms with Crippen molar-refractivity contribution in [1.29, 1.82) is 0 Å². The van der Waals surface area contributed by atoms with Gasteiger partial charge in [0.2, 0.25) is 0 Å². The Labute approximate surface area is 160 Å². The predicted octanol–water partition coefficient (Wildman–Crippen LogP) is 6.67. The van der Waals surface area contributed by atoms with Crippen molar-refractivity contribution in [2.45, 2.75) is 91.3 Å². The Bertz CT molecular complexity index is 625. The molecule has 0 saturated heterocycles. The van der Waals surface area contributed by atoms with Gasteiger partial charge in [-0.05, 0) is 53.4 Å². The molecule has 0 aliphatic heterocycles. The molecule has 0 heterocycles. The monoisotopic (exact) mass is 356 g/mol. The second kappa shape index (κ2) is 8.52. The Morgan fingerprint density at radius 2 is 1.58 bits per heavy atom. The lowest BCUT2D eigenvalue weighted by Crippen LogP contribution is -2.44. The first-order valence-electron chi connectivity index (χ1n) is 10.1. The van der Waals surface area contributed by atoms with Crippen LogP contribution in [0.3, 0.4) is 0 Å². The highest BCUT2D eigenvalue weighted by molar-refractivity contribution is 5.88. The average Bonchev–Trinajstić information content (AvgIpc) is 2.57. The third kappa shape index (κ3) is 4.28. The summed E-state index contributed by atoms with van der Waals surface area (Å²) in [6, 6.07) is 4.73. The van der Waals surface area contributed by atoms with Crippen molar-refractivity contribution in [3.8, 4) is 0 Å². The fourth-order valence-electron chi connectivity index (χ4n) is 3.96. The molecule has 0 N–H and O–H groups in total. The first kappa shape index (κ1) is 20.9. The molecule has 1 aromatic rings. The molecule has 0 radical (unpaired) electrons. The maximum absolute atomic E-state index is 11.9. The number of ether oxygens (including phenoxy) is 1. The highest BCUT2D eigenvalue weighted by atomic mass is 16.5. The molecule has 0 unspecified atom stereocenters. The topological polar surface area (TPSA) is 26.3 Å². The number of Topliss-reactive ketones (excluding diaryl/α,β-unsaturated/α-hetero) is 1. The van der Waals surface area contributed by atoms with Crippen LogP contribution < -0.4 is 0 Å². The van der Waals surface area contributed by atoms with Crippen molar-refractivity contribution in [3.05, 3.63) is 47.0 Å². The van der Waals surface area contributed by atoms with Gasteiger partial charge >= 0.3 is 0 Å². The van der Waals surface area contributed by atoms with Gasteiger partial charge in [-0.3, -0.25) is 4.79 Å². The largest absolute Gasteiger partial charge is 0.369 e. The standard InChI is InChI=1S/C24H36O2/c1-9-10-19-22(25)13-23(19)26-17(8)24-20(15(4)5)11-18(14(2)3)12-21(24)16(6)7/h9,11-12,14-17,19,23H,1,10,13H2,2-8H3/t17-,19+,23+/m1/s1. The zero-order valence-corrected chi connectivity index (χ0v) is 17.6. The van der Waals surface area contributed by atoms with Crippen LogP contribution >= 0.6 is 0 Å². The number of hydrogen-bond donors (Lipinski definition) is 0. The summed E-state index contributed by atoms with van der Waals surface area (Å²) in [7, 11) is 0. The van der Waals surface area contributed by atoms with Crippen LogP contribution in [0.15, 0.2) is 24.8 Å². The molecular weight excluding hydrogens is 320 g/mol. The van der Waals surface area contributed by atoms with Crippen molar-refractivity contribution in [1.82, 2.24) is 0 Å². The SMILES string of the molecule is C=CC[C@H]1C(=O)C[C@@H]1O[C@H](C)c1c(C(C)C)cc(C(C)C)cc1C(C)C. The lowest BCUT2D eigenvalue weighted by Gasteiger charge is -2.37. The molecule has 1 saturated carbocycles. The summed E-state index contributed by atoms with van der Waals surface area (Å²) in [6.45, 7) is 19.5. The van der Waals surface area contributed by atoms with Gasteiger partial charge < -0.3 is 4.74 Å². The molecule has 3 atom stereocenters. The van der Waals surface area contributed by atoms with Crippen molar-refractivity contribution in [2.24, 2.45) is 5.92 Å². The van der Waals surface area contributed by atoms with Gasteiger partial charge in [0.25, 0.3) is 0 Å². The molecule has 1 aliphatic carbocycles. The van der Waals surface area contributed by atoms with E-state index < -0.39 is 0 Å². The Balaban J connectivity index is 2.39. The maximum atomic E-state index is 11.9. The number of hydrogen-bond acceptors (Lipinski definition) is 2. The molecule has 2 rings (SSSR count). The van der Waals surface area contributed by atoms with Gasteiger partial charge in [-0.1, -0.05) is 59.8 Å². The van der Waals surface area contributed by atoms with E-state index in [9.17, 15) is 4.79 Å². The van der Waals surface area contributed by atoms with Crippen molar-refractivity contribution in [3.63, 3.8) is 0 Å². The fraction of sp³-hybridized carbons (Fsp3) is 0.625. The minimum absolute atomic E-state index is 0.00331. The highest BCUT2D eigenvalue weighted by Crippen LogP contribution is 2.40. The van der Waals surface area contributed by atoms with Gasteiger partial charge in [0.05, 0.1) is 12.2 Å². The summed E-state index contributed by atoms with van der Waals surface area (Å²) in [5.74, 6) is 1.70. The van der Waals surface area contributed by atoms with E-state index in [1.165, 1.54) is 22.3 Å². The lowest BCUT2D eigenvalue weighted by molar-refractivity contribution is -0.150. The number of rotatable bonds is 8. The molecule has 0 aromatic heterocycles. The molecule has 0 spiro atoms. The zero-order chi connectivity index (χ0) is 19.6. The van der Waals surface area contributed by atoms with Crippen LogP contribution in [0.2, 0.25) is 0 Å². The van der Waals surface area contributed by atoms with Gasteiger partial charge in [0.1, 0.15) is 5.78 Å². The predicted molar refractivity (Wildman–Crippen MR) is 110 cm³/mol. The third-order valence-corrected chi connectivity index (χ3v) is 5.65. The third-order valence-electron chi connectivity index (χ3n) is 5.65. The van der Waals surface area contributed by atoms with Crippen LogP contribution in [0, 0.1) is 5.92 Å². The molecule has 2 nitrogen and oxygen atoms in total. The molecular formula is C24H36O2. The molecule has 0 bridgehead atoms. The number of carbonyl (C=O) groups is 1. The lowest BCUT2D eigenvalue weighted by atomic mass is 9.77. The van der Waals surface area contributed by atoms with E-state index in [1.54, 1.807) is 0 Å². The second-order valence-electron chi connectivity index (χ2n) is 8.70. The molecule has 1 fully saturated rings. The highest BCUT2D eigenvalue weighted by Gasteiger charge is 2.41. The van der Waals surface area contributed by atoms with E-state index in [0.717, 1.165) is 6.42 Å². The number of carbonyl (C=O) groups excluding carboxylic acids is 1. The van der Waals surface area contributed by atoms with Gasteiger partial charge in [-0.2, -0.15) is 0 Å². The van der Waals surface area contributed by atoms with Gasteiger partial charge in [0.15, 0.2) is 0 Å². The Hall–Kier alpha value is -1.41. The quantitative estimate of drug-likeness (QED) is 0.486. The van der Waals surface area contributed by atoms with E-state index in [0.29, 0.717) is 30.0 Å². The molecule has 1 aromatic carbocycles. The van der Waals surface area contributed by atoms with Gasteiger partial charge in [-0.25, -0.2) is 0 Å². The summed E-state index contributed by atoms with van der Waals surface area (Å²) in [5.41, 5.74) is 5.50. The Morgan fingerprint density at radius 3 is 1.96 bits per heavy atom. The van der Waals surface area contributed by atoms with Gasteiger partial charge in [-0.15, -0.1) is 6.58 Å². The number of benzene rings is 1. The maximum Gasteiger partial charge on any atom is 0.141 e. The molecule has 26 heavy (non-hydrogen) atoms. The van der Waals surface area contributed by atoms with Crippen molar-refractivity contribution in [2.75, 3.05) is 0 Å². The minimum atomic E-state index is -0.00473. The Morgan fingerprint density at radius 1 is 1.04 bits per heavy atom. The first-order valence-corrected chi connectivity index (χ1v) is 10.1. The summed E-state index contributed by atoms with van der Waals surface area (Å²) in [4.78, 5) is 11.9. The second-order valence-corrected chi connectivity index (χ2v) is 8.70. The van der Waals surface area contributed by atoms with E-state index in [4.69, 9.17) is 4.74 Å². The average molecular weight is 357 g/mol. The van der Waals surface area contributed by atoms with Crippen LogP contribution in [0.5, 0.6) is 0 Å². The smallest absolute Gasteiger partial charge is 0.141 e. The van der Waals surface area contributed by atoms with Crippen LogP contribution in [-0.2, 0) is 9.53 Å². The number of ketones is 1. The Kier molecular flexibility index (Phi) is 6.85. The summed E-state index contributed by atoms with van der Waals surface area (Å²) in [5, 5.41) is 0. The fourth-order valence-corrected chi connectivity index (χ4v) is 3.96. The van der Waals surface area contributed by atoms with Crippen LogP contribution in [0.4, 0.5) is 0 Å². The van der Waals surface area contributed by atoms with Crippen LogP contribution in [0.25, 0.3) is 0 Å². The molecule has 2 heteroatoms. The molecule has 0 amide bonds. The van der Waals surface area contributed by atoms with Crippen LogP contribution in [0.1, 0.15) is 107 Å². The van der Waals surface area contributed by atoms with E-state index in [-0.39, 0.29) is 18.1 Å². The van der Waals surface area contributed by atoms with Gasteiger partial charge in [0, 0.05) is 12.3 Å². The van der Waals surface area contributed by atoms with E-state index >= 15 is 0 Å². The molecule has 144 valence electrons. The summed E-state index contributed by atoms with van der Waals surface area (Å²) >= 11 is 0. The van der Waals surface area contributed by atoms with Crippen molar-refractivity contribution < 1.29 is 9.53 Å². The first-order chi connectivity index (χ1) is 12.2. The zero-order valence-electron chi connectivity index (χ0n) is 17.6. The minimum Gasteiger partial charge on any atom is -0.369 e. The van der Waals surface area contributed by atoms with E-state index in [2.05, 4.69) is 67.2 Å². The molecule has 1 aliphatic rings. The van der Waals surface area contributed by atoms with Crippen molar-refractivity contribution >= 4 is 5.78 Å². The summed E-state index contributed by atoms with van der Waals surface area (Å²) in [6.07, 6.45) is 3.12. The summed E-state index contributed by atoms with van der Waals surface area (Å²) < 4.78 is 6.42.